The van der Waals surface area contributed by atoms with Crippen molar-refractivity contribution in [2.75, 3.05) is 26.4 Å². The Morgan fingerprint density at radius 3 is 2.37 bits per heavy atom. The van der Waals surface area contributed by atoms with Crippen molar-refractivity contribution in [2.45, 2.75) is 63.6 Å². The standard InChI is InChI=1S/C12H20O5.C2H6/c13-5-10-8-16-12(17-10)3-1-9(2-4-12)14-6-11-7-15-11;1-2/h9-11,13H,1-8H2;1-2H3. The third kappa shape index (κ3) is 4.13. The van der Waals surface area contributed by atoms with Gasteiger partial charge in [0.25, 0.3) is 0 Å². The predicted octanol–water partition coefficient (Wildman–Crippen LogP) is 1.47. The number of aliphatic hydroxyl groups is 1. The molecule has 1 spiro atoms. The van der Waals surface area contributed by atoms with Crippen LogP contribution in [0.15, 0.2) is 0 Å². The van der Waals surface area contributed by atoms with Gasteiger partial charge in [-0.1, -0.05) is 13.8 Å². The molecular weight excluding hydrogens is 248 g/mol. The van der Waals surface area contributed by atoms with Gasteiger partial charge < -0.3 is 24.1 Å². The SMILES string of the molecule is CC.OCC1COC2(CCC(OCC3CO3)CC2)O1. The maximum absolute atomic E-state index is 9.04. The van der Waals surface area contributed by atoms with E-state index in [0.29, 0.717) is 18.8 Å². The topological polar surface area (TPSA) is 60.5 Å². The molecule has 5 heteroatoms. The van der Waals surface area contributed by atoms with Crippen molar-refractivity contribution in [2.24, 2.45) is 0 Å². The van der Waals surface area contributed by atoms with E-state index >= 15 is 0 Å². The predicted molar refractivity (Wildman–Crippen MR) is 69.9 cm³/mol. The zero-order chi connectivity index (χ0) is 13.7. The molecule has 112 valence electrons. The van der Waals surface area contributed by atoms with Gasteiger partial charge in [-0.05, 0) is 12.8 Å². The Balaban J connectivity index is 0.000000637. The van der Waals surface area contributed by atoms with Crippen molar-refractivity contribution in [3.63, 3.8) is 0 Å². The lowest BCUT2D eigenvalue weighted by Gasteiger charge is -2.35. The zero-order valence-electron chi connectivity index (χ0n) is 12.0. The third-order valence-electron chi connectivity index (χ3n) is 3.73. The lowest BCUT2D eigenvalue weighted by atomic mass is 9.92. The maximum atomic E-state index is 9.04. The summed E-state index contributed by atoms with van der Waals surface area (Å²) in [7, 11) is 0. The normalized spacial score (nSPS) is 40.9. The summed E-state index contributed by atoms with van der Waals surface area (Å²) in [6.45, 7) is 6.12. The number of aliphatic hydroxyl groups excluding tert-OH is 1. The highest BCUT2D eigenvalue weighted by molar-refractivity contribution is 4.86. The van der Waals surface area contributed by atoms with Crippen LogP contribution < -0.4 is 0 Å². The van der Waals surface area contributed by atoms with Crippen LogP contribution in [0.4, 0.5) is 0 Å². The fraction of sp³-hybridized carbons (Fsp3) is 1.00. The van der Waals surface area contributed by atoms with Gasteiger partial charge >= 0.3 is 0 Å². The van der Waals surface area contributed by atoms with E-state index in [1.807, 2.05) is 13.8 Å². The van der Waals surface area contributed by atoms with Crippen molar-refractivity contribution < 1.29 is 24.1 Å². The van der Waals surface area contributed by atoms with E-state index in [0.717, 1.165) is 38.9 Å². The van der Waals surface area contributed by atoms with Crippen LogP contribution in [0.1, 0.15) is 39.5 Å². The van der Waals surface area contributed by atoms with Crippen molar-refractivity contribution >= 4 is 0 Å². The molecule has 3 rings (SSSR count). The Bertz CT molecular complexity index is 259. The Labute approximate surface area is 115 Å². The van der Waals surface area contributed by atoms with Crippen LogP contribution in [0.3, 0.4) is 0 Å². The zero-order valence-corrected chi connectivity index (χ0v) is 12.0. The van der Waals surface area contributed by atoms with Crippen LogP contribution in [0.25, 0.3) is 0 Å². The Hall–Kier alpha value is -0.200. The van der Waals surface area contributed by atoms with Crippen LogP contribution >= 0.6 is 0 Å². The van der Waals surface area contributed by atoms with E-state index in [-0.39, 0.29) is 12.7 Å². The summed E-state index contributed by atoms with van der Waals surface area (Å²) in [5, 5.41) is 9.04. The molecule has 0 bridgehead atoms. The minimum Gasteiger partial charge on any atom is -0.394 e. The molecule has 1 aliphatic carbocycles. The van der Waals surface area contributed by atoms with E-state index < -0.39 is 5.79 Å². The average Bonchev–Trinajstić information content (AvgIpc) is 3.22. The summed E-state index contributed by atoms with van der Waals surface area (Å²) in [5.41, 5.74) is 0. The Morgan fingerprint density at radius 2 is 1.84 bits per heavy atom. The van der Waals surface area contributed by atoms with Crippen molar-refractivity contribution in [3.05, 3.63) is 0 Å². The molecule has 2 aliphatic heterocycles. The van der Waals surface area contributed by atoms with Gasteiger partial charge in [-0.3, -0.25) is 0 Å². The van der Waals surface area contributed by atoms with Gasteiger partial charge in [0, 0.05) is 12.8 Å². The molecule has 2 atom stereocenters. The van der Waals surface area contributed by atoms with Gasteiger partial charge in [0.15, 0.2) is 5.79 Å². The number of epoxide rings is 1. The van der Waals surface area contributed by atoms with E-state index in [9.17, 15) is 0 Å². The molecule has 2 heterocycles. The Kier molecular flexibility index (Phi) is 5.59. The molecular formula is C14H26O5. The molecule has 2 saturated heterocycles. The van der Waals surface area contributed by atoms with E-state index in [2.05, 4.69) is 0 Å². The quantitative estimate of drug-likeness (QED) is 0.787. The molecule has 1 saturated carbocycles. The summed E-state index contributed by atoms with van der Waals surface area (Å²) >= 11 is 0. The fourth-order valence-corrected chi connectivity index (χ4v) is 2.57. The van der Waals surface area contributed by atoms with Crippen molar-refractivity contribution in [3.8, 4) is 0 Å². The van der Waals surface area contributed by atoms with Crippen LogP contribution in [-0.4, -0.2) is 55.6 Å². The second kappa shape index (κ2) is 6.99. The molecule has 0 aromatic carbocycles. The minimum atomic E-state index is -0.441. The molecule has 5 nitrogen and oxygen atoms in total. The van der Waals surface area contributed by atoms with E-state index in [4.69, 9.17) is 24.1 Å². The van der Waals surface area contributed by atoms with Gasteiger partial charge in [0.05, 0.1) is 32.5 Å². The third-order valence-corrected chi connectivity index (χ3v) is 3.73. The molecule has 0 amide bonds. The highest BCUT2D eigenvalue weighted by Crippen LogP contribution is 2.38. The fourth-order valence-electron chi connectivity index (χ4n) is 2.57. The lowest BCUT2D eigenvalue weighted by Crippen LogP contribution is -2.38. The molecule has 2 unspecified atom stereocenters. The molecule has 3 aliphatic rings. The highest BCUT2D eigenvalue weighted by atomic mass is 16.7. The summed E-state index contributed by atoms with van der Waals surface area (Å²) in [6.07, 6.45) is 4.15. The van der Waals surface area contributed by atoms with Gasteiger partial charge in [-0.25, -0.2) is 0 Å². The van der Waals surface area contributed by atoms with Gasteiger partial charge in [-0.15, -0.1) is 0 Å². The minimum absolute atomic E-state index is 0.0424. The molecule has 0 aromatic heterocycles. The summed E-state index contributed by atoms with van der Waals surface area (Å²) in [4.78, 5) is 0. The first-order valence-corrected chi connectivity index (χ1v) is 7.45. The van der Waals surface area contributed by atoms with Gasteiger partial charge in [0.1, 0.15) is 12.2 Å². The van der Waals surface area contributed by atoms with Crippen LogP contribution in [-0.2, 0) is 18.9 Å². The number of ether oxygens (including phenoxy) is 4. The first-order chi connectivity index (χ1) is 9.30. The Morgan fingerprint density at radius 1 is 1.16 bits per heavy atom. The summed E-state index contributed by atoms with van der Waals surface area (Å²) < 4.78 is 22.4. The monoisotopic (exact) mass is 274 g/mol. The second-order valence-electron chi connectivity index (χ2n) is 5.13. The maximum Gasteiger partial charge on any atom is 0.169 e. The van der Waals surface area contributed by atoms with Crippen molar-refractivity contribution in [1.29, 1.82) is 0 Å². The second-order valence-corrected chi connectivity index (χ2v) is 5.13. The average molecular weight is 274 g/mol. The number of hydrogen-bond donors (Lipinski definition) is 1. The van der Waals surface area contributed by atoms with Crippen LogP contribution in [0.5, 0.6) is 0 Å². The summed E-state index contributed by atoms with van der Waals surface area (Å²) in [5.74, 6) is -0.441. The number of rotatable bonds is 4. The highest BCUT2D eigenvalue weighted by Gasteiger charge is 2.44. The first-order valence-electron chi connectivity index (χ1n) is 7.45. The first kappa shape index (κ1) is 15.2. The molecule has 0 radical (unpaired) electrons. The lowest BCUT2D eigenvalue weighted by molar-refractivity contribution is -0.203. The van der Waals surface area contributed by atoms with Gasteiger partial charge in [0.2, 0.25) is 0 Å². The van der Waals surface area contributed by atoms with Crippen LogP contribution in [0.2, 0.25) is 0 Å². The largest absolute Gasteiger partial charge is 0.394 e. The number of hydrogen-bond acceptors (Lipinski definition) is 5. The van der Waals surface area contributed by atoms with Gasteiger partial charge in [-0.2, -0.15) is 0 Å². The van der Waals surface area contributed by atoms with E-state index in [1.54, 1.807) is 0 Å². The molecule has 3 fully saturated rings. The summed E-state index contributed by atoms with van der Waals surface area (Å²) in [6, 6.07) is 0. The van der Waals surface area contributed by atoms with Crippen LogP contribution in [0, 0.1) is 0 Å². The van der Waals surface area contributed by atoms with Crippen molar-refractivity contribution in [1.82, 2.24) is 0 Å². The molecule has 0 aromatic rings. The smallest absolute Gasteiger partial charge is 0.169 e. The molecule has 1 N–H and O–H groups in total. The molecule has 19 heavy (non-hydrogen) atoms. The van der Waals surface area contributed by atoms with E-state index in [1.165, 1.54) is 0 Å².